The van der Waals surface area contributed by atoms with E-state index >= 15 is 0 Å². The molecule has 0 unspecified atom stereocenters. The highest BCUT2D eigenvalue weighted by molar-refractivity contribution is 7.16. The summed E-state index contributed by atoms with van der Waals surface area (Å²) >= 11 is 1.27. The minimum absolute atomic E-state index is 0.0589. The number of hydrogen-bond donors (Lipinski definition) is 1. The molecular weight excluding hydrogens is 379 g/mol. The molecule has 0 saturated carbocycles. The Morgan fingerprint density at radius 2 is 1.96 bits per heavy atom. The monoisotopic (exact) mass is 398 g/mol. The zero-order valence-electron chi connectivity index (χ0n) is 15.3. The molecule has 6 nitrogen and oxygen atoms in total. The highest BCUT2D eigenvalue weighted by atomic mass is 32.1. The fourth-order valence-corrected chi connectivity index (χ4v) is 3.39. The van der Waals surface area contributed by atoms with E-state index in [2.05, 4.69) is 15.3 Å². The van der Waals surface area contributed by atoms with Crippen LogP contribution in [0.3, 0.4) is 0 Å². The largest absolute Gasteiger partial charge is 0.350 e. The molecule has 0 aliphatic heterocycles. The van der Waals surface area contributed by atoms with Crippen LogP contribution in [-0.2, 0) is 11.3 Å². The first kappa shape index (κ1) is 19.6. The van der Waals surface area contributed by atoms with E-state index in [1.165, 1.54) is 34.6 Å². The molecule has 2 amide bonds. The molecule has 1 N–H and O–H groups in total. The number of halogens is 1. The molecule has 0 radical (unpaired) electrons. The summed E-state index contributed by atoms with van der Waals surface area (Å²) in [6, 6.07) is 9.58. The molecule has 3 aromatic rings. The van der Waals surface area contributed by atoms with Gasteiger partial charge >= 0.3 is 0 Å². The summed E-state index contributed by atoms with van der Waals surface area (Å²) in [5.74, 6) is -0.850. The van der Waals surface area contributed by atoms with Crippen molar-refractivity contribution in [1.82, 2.24) is 20.2 Å². The van der Waals surface area contributed by atoms with Gasteiger partial charge in [0, 0.05) is 31.0 Å². The zero-order chi connectivity index (χ0) is 19.9. The molecule has 0 aliphatic rings. The summed E-state index contributed by atoms with van der Waals surface area (Å²) < 4.78 is 12.9. The molecule has 8 heteroatoms. The van der Waals surface area contributed by atoms with Crippen LogP contribution in [0.5, 0.6) is 0 Å². The van der Waals surface area contributed by atoms with Gasteiger partial charge in [0.2, 0.25) is 5.91 Å². The highest BCUT2D eigenvalue weighted by Crippen LogP contribution is 2.25. The van der Waals surface area contributed by atoms with E-state index in [0.29, 0.717) is 16.4 Å². The summed E-state index contributed by atoms with van der Waals surface area (Å²) in [5, 5.41) is 3.45. The lowest BCUT2D eigenvalue weighted by Gasteiger charge is -2.19. The van der Waals surface area contributed by atoms with Gasteiger partial charge in [-0.15, -0.1) is 11.3 Å². The summed E-state index contributed by atoms with van der Waals surface area (Å²) in [6.07, 6.45) is 4.88. The third kappa shape index (κ3) is 4.98. The van der Waals surface area contributed by atoms with E-state index in [1.54, 1.807) is 24.5 Å². The zero-order valence-corrected chi connectivity index (χ0v) is 16.1. The Bertz CT molecular complexity index is 944. The summed E-state index contributed by atoms with van der Waals surface area (Å²) in [6.45, 7) is 2.42. The Hall–Kier alpha value is -3.13. The predicted octanol–water partition coefficient (Wildman–Crippen LogP) is 3.12. The molecular formula is C20H19FN4O2S. The fourth-order valence-electron chi connectivity index (χ4n) is 2.51. The number of benzene rings is 1. The molecule has 0 fully saturated rings. The first-order valence-corrected chi connectivity index (χ1v) is 9.55. The van der Waals surface area contributed by atoms with Gasteiger partial charge in [0.25, 0.3) is 5.91 Å². The fraction of sp³-hybridized carbons (Fsp3) is 0.200. The predicted molar refractivity (Wildman–Crippen MR) is 105 cm³/mol. The average Bonchev–Trinajstić information content (AvgIpc) is 3.22. The minimum Gasteiger partial charge on any atom is -0.350 e. The second-order valence-electron chi connectivity index (χ2n) is 5.99. The van der Waals surface area contributed by atoms with Crippen molar-refractivity contribution in [2.45, 2.75) is 13.5 Å². The van der Waals surface area contributed by atoms with Crippen molar-refractivity contribution in [2.24, 2.45) is 0 Å². The van der Waals surface area contributed by atoms with Gasteiger partial charge in [0.05, 0.1) is 12.7 Å². The lowest BCUT2D eigenvalue weighted by atomic mass is 10.2. The molecule has 0 atom stereocenters. The SMILES string of the molecule is CCN(CC(=O)NCc1ccc(F)cc1)C(=O)c1cnc(-c2cccnc2)s1. The average molecular weight is 398 g/mol. The molecule has 0 bridgehead atoms. The Labute approximate surface area is 166 Å². The van der Waals surface area contributed by atoms with Crippen molar-refractivity contribution in [3.63, 3.8) is 0 Å². The van der Waals surface area contributed by atoms with Crippen LogP contribution in [0.2, 0.25) is 0 Å². The second-order valence-corrected chi connectivity index (χ2v) is 7.02. The van der Waals surface area contributed by atoms with Crippen LogP contribution in [-0.4, -0.2) is 39.8 Å². The van der Waals surface area contributed by atoms with E-state index in [-0.39, 0.29) is 30.7 Å². The molecule has 0 spiro atoms. The topological polar surface area (TPSA) is 75.2 Å². The first-order valence-electron chi connectivity index (χ1n) is 8.73. The number of pyridine rings is 1. The van der Waals surface area contributed by atoms with Crippen LogP contribution in [0, 0.1) is 5.82 Å². The van der Waals surface area contributed by atoms with E-state index in [9.17, 15) is 14.0 Å². The second kappa shape index (κ2) is 9.18. The Kier molecular flexibility index (Phi) is 6.44. The Morgan fingerprint density at radius 3 is 2.64 bits per heavy atom. The molecule has 0 saturated heterocycles. The quantitative estimate of drug-likeness (QED) is 0.664. The van der Waals surface area contributed by atoms with E-state index < -0.39 is 0 Å². The summed E-state index contributed by atoms with van der Waals surface area (Å²) in [5.41, 5.74) is 1.62. The van der Waals surface area contributed by atoms with Crippen molar-refractivity contribution in [2.75, 3.05) is 13.1 Å². The summed E-state index contributed by atoms with van der Waals surface area (Å²) in [4.78, 5) is 35.2. The van der Waals surface area contributed by atoms with Gasteiger partial charge in [0.15, 0.2) is 0 Å². The number of rotatable bonds is 7. The molecule has 28 heavy (non-hydrogen) atoms. The Balaban J connectivity index is 1.59. The first-order chi connectivity index (χ1) is 13.6. The molecule has 0 aliphatic carbocycles. The van der Waals surface area contributed by atoms with E-state index in [1.807, 2.05) is 19.1 Å². The molecule has 144 valence electrons. The number of likely N-dealkylation sites (N-methyl/N-ethyl adjacent to an activating group) is 1. The van der Waals surface area contributed by atoms with Crippen molar-refractivity contribution in [3.8, 4) is 10.6 Å². The van der Waals surface area contributed by atoms with Crippen LogP contribution < -0.4 is 5.32 Å². The Morgan fingerprint density at radius 1 is 1.18 bits per heavy atom. The maximum absolute atomic E-state index is 12.9. The van der Waals surface area contributed by atoms with Gasteiger partial charge in [-0.1, -0.05) is 12.1 Å². The third-order valence-electron chi connectivity index (χ3n) is 4.03. The van der Waals surface area contributed by atoms with Gasteiger partial charge in [-0.2, -0.15) is 0 Å². The van der Waals surface area contributed by atoms with Gasteiger partial charge in [-0.3, -0.25) is 14.6 Å². The third-order valence-corrected chi connectivity index (χ3v) is 5.07. The van der Waals surface area contributed by atoms with Gasteiger partial charge in [-0.25, -0.2) is 9.37 Å². The molecule has 1 aromatic carbocycles. The molecule has 2 heterocycles. The van der Waals surface area contributed by atoms with Crippen molar-refractivity contribution in [3.05, 3.63) is 71.2 Å². The number of carbonyl (C=O) groups excluding carboxylic acids is 2. The van der Waals surface area contributed by atoms with E-state index in [4.69, 9.17) is 0 Å². The standard InChI is InChI=1S/C20H19FN4O2S/c1-2-25(13-18(26)23-10-14-5-7-16(21)8-6-14)20(27)17-12-24-19(28-17)15-4-3-9-22-11-15/h3-9,11-12H,2,10,13H2,1H3,(H,23,26). The van der Waals surface area contributed by atoms with E-state index in [0.717, 1.165) is 11.1 Å². The van der Waals surface area contributed by atoms with Crippen LogP contribution in [0.15, 0.2) is 55.0 Å². The number of nitrogens with one attached hydrogen (secondary N) is 1. The van der Waals surface area contributed by atoms with Crippen LogP contribution in [0.1, 0.15) is 22.2 Å². The summed E-state index contributed by atoms with van der Waals surface area (Å²) in [7, 11) is 0. The van der Waals surface area contributed by atoms with Crippen molar-refractivity contribution in [1.29, 1.82) is 0 Å². The minimum atomic E-state index is -0.326. The normalized spacial score (nSPS) is 10.5. The van der Waals surface area contributed by atoms with Crippen LogP contribution in [0.25, 0.3) is 10.6 Å². The number of nitrogens with zero attached hydrogens (tertiary/aromatic N) is 3. The lowest BCUT2D eigenvalue weighted by Crippen LogP contribution is -2.40. The number of hydrogen-bond acceptors (Lipinski definition) is 5. The van der Waals surface area contributed by atoms with Crippen molar-refractivity contribution >= 4 is 23.2 Å². The maximum Gasteiger partial charge on any atom is 0.266 e. The van der Waals surface area contributed by atoms with Gasteiger partial charge in [0.1, 0.15) is 15.7 Å². The molecule has 2 aromatic heterocycles. The lowest BCUT2D eigenvalue weighted by molar-refractivity contribution is -0.121. The maximum atomic E-state index is 12.9. The van der Waals surface area contributed by atoms with Gasteiger partial charge in [-0.05, 0) is 36.8 Å². The smallest absolute Gasteiger partial charge is 0.266 e. The highest BCUT2D eigenvalue weighted by Gasteiger charge is 2.20. The number of carbonyl (C=O) groups is 2. The number of amides is 2. The number of thiazole rings is 1. The van der Waals surface area contributed by atoms with Gasteiger partial charge < -0.3 is 10.2 Å². The molecule has 3 rings (SSSR count). The van der Waals surface area contributed by atoms with Crippen LogP contribution >= 0.6 is 11.3 Å². The van der Waals surface area contributed by atoms with Crippen LogP contribution in [0.4, 0.5) is 4.39 Å². The van der Waals surface area contributed by atoms with Crippen molar-refractivity contribution < 1.29 is 14.0 Å². The number of aromatic nitrogens is 2.